The van der Waals surface area contributed by atoms with E-state index in [1.807, 2.05) is 22.4 Å². The molecule has 8 heteroatoms. The van der Waals surface area contributed by atoms with Crippen LogP contribution >= 0.6 is 22.7 Å². The van der Waals surface area contributed by atoms with Gasteiger partial charge in [0.15, 0.2) is 0 Å². The Morgan fingerprint density at radius 2 is 1.84 bits per heavy atom. The van der Waals surface area contributed by atoms with E-state index in [0.717, 1.165) is 73.1 Å². The molecular formula is C24H31N5OS2. The van der Waals surface area contributed by atoms with E-state index in [4.69, 9.17) is 9.97 Å². The fourth-order valence-corrected chi connectivity index (χ4v) is 6.40. The van der Waals surface area contributed by atoms with Gasteiger partial charge in [-0.15, -0.1) is 22.7 Å². The van der Waals surface area contributed by atoms with Gasteiger partial charge in [-0.2, -0.15) is 0 Å². The highest BCUT2D eigenvalue weighted by Crippen LogP contribution is 2.35. The Hall–Kier alpha value is -2.03. The number of piperazine rings is 1. The smallest absolute Gasteiger partial charge is 0.264 e. The second-order valence-electron chi connectivity index (χ2n) is 9.14. The number of anilines is 1. The van der Waals surface area contributed by atoms with Crippen LogP contribution in [0.5, 0.6) is 0 Å². The van der Waals surface area contributed by atoms with Crippen molar-refractivity contribution in [2.75, 3.05) is 44.2 Å². The normalized spacial score (nSPS) is 18.6. The maximum atomic E-state index is 12.8. The Morgan fingerprint density at radius 1 is 1.09 bits per heavy atom. The number of carbonyl (C=O) groups is 1. The molecule has 2 fully saturated rings. The van der Waals surface area contributed by atoms with Gasteiger partial charge in [-0.05, 0) is 62.7 Å². The van der Waals surface area contributed by atoms with Crippen molar-refractivity contribution in [1.29, 1.82) is 0 Å². The van der Waals surface area contributed by atoms with Crippen LogP contribution in [-0.4, -0.2) is 64.9 Å². The van der Waals surface area contributed by atoms with Gasteiger partial charge >= 0.3 is 0 Å². The Morgan fingerprint density at radius 3 is 2.53 bits per heavy atom. The van der Waals surface area contributed by atoms with Crippen LogP contribution in [0, 0.1) is 19.8 Å². The van der Waals surface area contributed by atoms with E-state index in [9.17, 15) is 4.79 Å². The summed E-state index contributed by atoms with van der Waals surface area (Å²) < 4.78 is 0. The number of likely N-dealkylation sites (tertiary alicyclic amines) is 1. The number of hydrogen-bond acceptors (Lipinski definition) is 7. The molecule has 0 aromatic carbocycles. The highest BCUT2D eigenvalue weighted by atomic mass is 32.1. The molecule has 3 aromatic rings. The molecule has 170 valence electrons. The number of rotatable bonds is 4. The summed E-state index contributed by atoms with van der Waals surface area (Å²) in [5.74, 6) is 2.96. The summed E-state index contributed by atoms with van der Waals surface area (Å²) in [5, 5.41) is 3.16. The predicted octanol–water partition coefficient (Wildman–Crippen LogP) is 4.56. The number of fused-ring (bicyclic) bond motifs is 1. The van der Waals surface area contributed by atoms with Gasteiger partial charge in [-0.3, -0.25) is 9.69 Å². The first kappa shape index (κ1) is 21.8. The van der Waals surface area contributed by atoms with Gasteiger partial charge in [0.25, 0.3) is 5.91 Å². The van der Waals surface area contributed by atoms with Crippen molar-refractivity contribution >= 4 is 44.6 Å². The molecule has 0 aliphatic carbocycles. The topological polar surface area (TPSA) is 52.6 Å². The third-order valence-corrected chi connectivity index (χ3v) is 8.85. The van der Waals surface area contributed by atoms with Crippen LogP contribution in [0.3, 0.4) is 0 Å². The first-order chi connectivity index (χ1) is 15.5. The molecule has 6 nitrogen and oxygen atoms in total. The van der Waals surface area contributed by atoms with Crippen LogP contribution in [-0.2, 0) is 6.54 Å². The number of piperidine rings is 1. The number of carbonyl (C=O) groups excluding carboxylic acids is 1. The van der Waals surface area contributed by atoms with E-state index < -0.39 is 0 Å². The zero-order valence-corrected chi connectivity index (χ0v) is 20.8. The fourth-order valence-electron chi connectivity index (χ4n) is 4.67. The third kappa shape index (κ3) is 4.28. The Bertz CT molecular complexity index is 1090. The zero-order valence-electron chi connectivity index (χ0n) is 19.1. The number of aryl methyl sites for hydroxylation is 2. The first-order valence-corrected chi connectivity index (χ1v) is 13.3. The summed E-state index contributed by atoms with van der Waals surface area (Å²) in [6.45, 7) is 12.8. The van der Waals surface area contributed by atoms with Crippen molar-refractivity contribution in [2.24, 2.45) is 5.92 Å². The lowest BCUT2D eigenvalue weighted by Gasteiger charge is -2.36. The van der Waals surface area contributed by atoms with E-state index in [1.165, 1.54) is 40.0 Å². The van der Waals surface area contributed by atoms with Crippen LogP contribution in [0.1, 0.15) is 45.7 Å². The molecule has 0 N–H and O–H groups in total. The second kappa shape index (κ2) is 9.08. The SMILES string of the molecule is Cc1sc2nc(CN3CCC(C)CC3)nc(N3CCN(C(=O)c4cccs4)CC3)c2c1C. The minimum Gasteiger partial charge on any atom is -0.352 e. The van der Waals surface area contributed by atoms with Gasteiger partial charge in [0.1, 0.15) is 16.5 Å². The fraction of sp³-hybridized carbons (Fsp3) is 0.542. The first-order valence-electron chi connectivity index (χ1n) is 11.6. The molecule has 0 spiro atoms. The average molecular weight is 470 g/mol. The van der Waals surface area contributed by atoms with Crippen LogP contribution in [0.2, 0.25) is 0 Å². The molecule has 0 saturated carbocycles. The molecule has 2 saturated heterocycles. The minimum absolute atomic E-state index is 0.148. The van der Waals surface area contributed by atoms with Crippen LogP contribution in [0.15, 0.2) is 17.5 Å². The summed E-state index contributed by atoms with van der Waals surface area (Å²) >= 11 is 3.30. The lowest BCUT2D eigenvalue weighted by molar-refractivity contribution is 0.0751. The van der Waals surface area contributed by atoms with E-state index in [2.05, 4.69) is 30.6 Å². The Kier molecular flexibility index (Phi) is 6.18. The molecule has 5 heterocycles. The van der Waals surface area contributed by atoms with Crippen molar-refractivity contribution < 1.29 is 4.79 Å². The van der Waals surface area contributed by atoms with Crippen molar-refractivity contribution in [2.45, 2.75) is 40.2 Å². The largest absolute Gasteiger partial charge is 0.352 e. The maximum absolute atomic E-state index is 12.8. The molecule has 0 radical (unpaired) electrons. The molecule has 2 aliphatic rings. The number of thiophene rings is 2. The van der Waals surface area contributed by atoms with Crippen LogP contribution in [0.4, 0.5) is 5.82 Å². The van der Waals surface area contributed by atoms with Crippen LogP contribution < -0.4 is 4.90 Å². The minimum atomic E-state index is 0.148. The number of aromatic nitrogens is 2. The van der Waals surface area contributed by atoms with Gasteiger partial charge in [0.2, 0.25) is 0 Å². The molecule has 3 aromatic heterocycles. The number of hydrogen-bond donors (Lipinski definition) is 0. The van der Waals surface area contributed by atoms with E-state index in [0.29, 0.717) is 0 Å². The van der Waals surface area contributed by atoms with Gasteiger partial charge in [-0.1, -0.05) is 13.0 Å². The van der Waals surface area contributed by atoms with E-state index in [1.54, 1.807) is 11.3 Å². The molecule has 0 unspecified atom stereocenters. The summed E-state index contributed by atoms with van der Waals surface area (Å²) in [7, 11) is 0. The second-order valence-corrected chi connectivity index (χ2v) is 11.3. The molecule has 1 amide bonds. The lowest BCUT2D eigenvalue weighted by Crippen LogP contribution is -2.49. The van der Waals surface area contributed by atoms with Gasteiger partial charge in [0, 0.05) is 31.1 Å². The quantitative estimate of drug-likeness (QED) is 0.561. The van der Waals surface area contributed by atoms with Gasteiger partial charge < -0.3 is 9.80 Å². The number of amides is 1. The van der Waals surface area contributed by atoms with Crippen LogP contribution in [0.25, 0.3) is 10.2 Å². The highest BCUT2D eigenvalue weighted by molar-refractivity contribution is 7.18. The van der Waals surface area contributed by atoms with Crippen molar-refractivity contribution in [1.82, 2.24) is 19.8 Å². The molecule has 5 rings (SSSR count). The van der Waals surface area contributed by atoms with E-state index in [-0.39, 0.29) is 5.91 Å². The average Bonchev–Trinajstić information content (AvgIpc) is 3.43. The molecule has 0 bridgehead atoms. The molecular weight excluding hydrogens is 438 g/mol. The van der Waals surface area contributed by atoms with Gasteiger partial charge in [-0.25, -0.2) is 9.97 Å². The monoisotopic (exact) mass is 469 g/mol. The molecule has 0 atom stereocenters. The summed E-state index contributed by atoms with van der Waals surface area (Å²) in [4.78, 5) is 32.9. The highest BCUT2D eigenvalue weighted by Gasteiger charge is 2.27. The summed E-state index contributed by atoms with van der Waals surface area (Å²) in [6, 6.07) is 3.86. The third-order valence-electron chi connectivity index (χ3n) is 6.90. The summed E-state index contributed by atoms with van der Waals surface area (Å²) in [5.41, 5.74) is 1.29. The lowest BCUT2D eigenvalue weighted by atomic mass is 9.99. The Balaban J connectivity index is 1.38. The molecule has 2 aliphatic heterocycles. The van der Waals surface area contributed by atoms with Crippen molar-refractivity contribution in [3.8, 4) is 0 Å². The standard InChI is InChI=1S/C24H31N5OS2/c1-16-6-8-27(9-7-16)15-20-25-22(21-17(2)18(3)32-23(21)26-20)28-10-12-29(13-11-28)24(30)19-5-4-14-31-19/h4-5,14,16H,6-13,15H2,1-3H3. The van der Waals surface area contributed by atoms with E-state index >= 15 is 0 Å². The summed E-state index contributed by atoms with van der Waals surface area (Å²) in [6.07, 6.45) is 2.51. The zero-order chi connectivity index (χ0) is 22.2. The van der Waals surface area contributed by atoms with Crippen molar-refractivity contribution in [3.05, 3.63) is 38.7 Å². The maximum Gasteiger partial charge on any atom is 0.264 e. The predicted molar refractivity (Wildman–Crippen MR) is 133 cm³/mol. The molecule has 32 heavy (non-hydrogen) atoms. The van der Waals surface area contributed by atoms with Crippen molar-refractivity contribution in [3.63, 3.8) is 0 Å². The van der Waals surface area contributed by atoms with Gasteiger partial charge in [0.05, 0.1) is 16.8 Å². The Labute approximate surface area is 197 Å². The number of nitrogens with zero attached hydrogens (tertiary/aromatic N) is 5.